The highest BCUT2D eigenvalue weighted by Gasteiger charge is 2.37. The Kier molecular flexibility index (Phi) is 3.11. The van der Waals surface area contributed by atoms with Gasteiger partial charge >= 0.3 is 0 Å². The maximum absolute atomic E-state index is 6.45. The Morgan fingerprint density at radius 2 is 1.89 bits per heavy atom. The summed E-state index contributed by atoms with van der Waals surface area (Å²) in [6.07, 6.45) is 3.97. The van der Waals surface area contributed by atoms with Gasteiger partial charge in [-0.3, -0.25) is 0 Å². The molecule has 1 aromatic carbocycles. The molecule has 0 unspecified atom stereocenters. The lowest BCUT2D eigenvalue weighted by atomic mass is 9.74. The highest BCUT2D eigenvalue weighted by Crippen LogP contribution is 2.40. The lowest BCUT2D eigenvalue weighted by Crippen LogP contribution is -2.41. The van der Waals surface area contributed by atoms with E-state index in [9.17, 15) is 0 Å². The molecule has 3 rings (SSSR count). The highest BCUT2D eigenvalue weighted by molar-refractivity contribution is 5.21. The SMILES string of the molecule is Cc1nc(C2(N)CCC(c3ccccc3)CC2)no1. The van der Waals surface area contributed by atoms with Crippen molar-refractivity contribution in [2.75, 3.05) is 0 Å². The second-order valence-electron chi connectivity index (χ2n) is 5.48. The lowest BCUT2D eigenvalue weighted by molar-refractivity contribution is 0.254. The van der Waals surface area contributed by atoms with E-state index in [4.69, 9.17) is 10.3 Å². The minimum absolute atomic E-state index is 0.414. The van der Waals surface area contributed by atoms with Crippen molar-refractivity contribution < 1.29 is 4.52 Å². The molecule has 0 saturated heterocycles. The number of rotatable bonds is 2. The molecule has 0 atom stereocenters. The predicted octanol–water partition coefficient (Wildman–Crippen LogP) is 2.89. The van der Waals surface area contributed by atoms with Crippen LogP contribution in [0.2, 0.25) is 0 Å². The molecule has 1 aliphatic carbocycles. The molecule has 0 aliphatic heterocycles. The van der Waals surface area contributed by atoms with Gasteiger partial charge in [-0.15, -0.1) is 0 Å². The zero-order valence-electron chi connectivity index (χ0n) is 11.2. The molecule has 1 fully saturated rings. The van der Waals surface area contributed by atoms with Crippen molar-refractivity contribution in [2.45, 2.75) is 44.1 Å². The van der Waals surface area contributed by atoms with Gasteiger partial charge in [-0.25, -0.2) is 0 Å². The molecule has 1 heterocycles. The Balaban J connectivity index is 1.72. The van der Waals surface area contributed by atoms with E-state index in [0.29, 0.717) is 17.6 Å². The van der Waals surface area contributed by atoms with Gasteiger partial charge in [0, 0.05) is 6.92 Å². The zero-order chi connectivity index (χ0) is 13.3. The van der Waals surface area contributed by atoms with E-state index in [2.05, 4.69) is 40.5 Å². The molecular weight excluding hydrogens is 238 g/mol. The Hall–Kier alpha value is -1.68. The van der Waals surface area contributed by atoms with Gasteiger partial charge in [0.2, 0.25) is 5.89 Å². The van der Waals surface area contributed by atoms with Gasteiger partial charge in [-0.1, -0.05) is 35.5 Å². The van der Waals surface area contributed by atoms with Crippen LogP contribution in [0.5, 0.6) is 0 Å². The molecule has 2 N–H and O–H groups in total. The summed E-state index contributed by atoms with van der Waals surface area (Å²) < 4.78 is 5.05. The predicted molar refractivity (Wildman–Crippen MR) is 72.6 cm³/mol. The molecule has 100 valence electrons. The summed E-state index contributed by atoms with van der Waals surface area (Å²) in [6, 6.07) is 10.7. The Morgan fingerprint density at radius 3 is 2.47 bits per heavy atom. The summed E-state index contributed by atoms with van der Waals surface area (Å²) in [4.78, 5) is 4.30. The topological polar surface area (TPSA) is 64.9 Å². The number of nitrogens with zero attached hydrogens (tertiary/aromatic N) is 2. The third kappa shape index (κ3) is 2.40. The maximum Gasteiger partial charge on any atom is 0.223 e. The first-order valence-electron chi connectivity index (χ1n) is 6.82. The molecule has 19 heavy (non-hydrogen) atoms. The summed E-state index contributed by atoms with van der Waals surface area (Å²) in [5.41, 5.74) is 7.45. The fraction of sp³-hybridized carbons (Fsp3) is 0.467. The van der Waals surface area contributed by atoms with Crippen molar-refractivity contribution in [1.82, 2.24) is 10.1 Å². The van der Waals surface area contributed by atoms with E-state index < -0.39 is 5.54 Å². The molecule has 4 nitrogen and oxygen atoms in total. The summed E-state index contributed by atoms with van der Waals surface area (Å²) >= 11 is 0. The number of aromatic nitrogens is 2. The number of aryl methyl sites for hydroxylation is 1. The third-order valence-electron chi connectivity index (χ3n) is 4.12. The summed E-state index contributed by atoms with van der Waals surface area (Å²) in [6.45, 7) is 1.80. The lowest BCUT2D eigenvalue weighted by Gasteiger charge is -2.34. The molecule has 1 aliphatic rings. The van der Waals surface area contributed by atoms with Crippen LogP contribution in [0.3, 0.4) is 0 Å². The molecule has 1 aromatic heterocycles. The molecule has 1 saturated carbocycles. The second-order valence-corrected chi connectivity index (χ2v) is 5.48. The Morgan fingerprint density at radius 1 is 1.21 bits per heavy atom. The first-order chi connectivity index (χ1) is 9.17. The molecule has 0 radical (unpaired) electrons. The van der Waals surface area contributed by atoms with Gasteiger partial charge in [0.1, 0.15) is 0 Å². The van der Waals surface area contributed by atoms with Crippen molar-refractivity contribution in [3.63, 3.8) is 0 Å². The van der Waals surface area contributed by atoms with Crippen LogP contribution in [0, 0.1) is 6.92 Å². The van der Waals surface area contributed by atoms with Gasteiger partial charge in [0.25, 0.3) is 0 Å². The average Bonchev–Trinajstić information content (AvgIpc) is 2.88. The molecule has 0 bridgehead atoms. The molecule has 0 spiro atoms. The van der Waals surface area contributed by atoms with Crippen LogP contribution in [-0.2, 0) is 5.54 Å². The van der Waals surface area contributed by atoms with Gasteiger partial charge in [0.15, 0.2) is 5.82 Å². The zero-order valence-corrected chi connectivity index (χ0v) is 11.2. The maximum atomic E-state index is 6.45. The highest BCUT2D eigenvalue weighted by atomic mass is 16.5. The number of nitrogens with two attached hydrogens (primary N) is 1. The Bertz CT molecular complexity index is 542. The number of hydrogen-bond acceptors (Lipinski definition) is 4. The van der Waals surface area contributed by atoms with Crippen molar-refractivity contribution in [3.8, 4) is 0 Å². The summed E-state index contributed by atoms with van der Waals surface area (Å²) in [5.74, 6) is 1.85. The van der Waals surface area contributed by atoms with Crippen LogP contribution in [-0.4, -0.2) is 10.1 Å². The first-order valence-corrected chi connectivity index (χ1v) is 6.82. The van der Waals surface area contributed by atoms with E-state index >= 15 is 0 Å². The standard InChI is InChI=1S/C15H19N3O/c1-11-17-14(18-19-11)15(16)9-7-13(8-10-15)12-5-3-2-4-6-12/h2-6,13H,7-10,16H2,1H3. The van der Waals surface area contributed by atoms with E-state index in [1.54, 1.807) is 6.92 Å². The van der Waals surface area contributed by atoms with Crippen molar-refractivity contribution in [1.29, 1.82) is 0 Å². The number of benzene rings is 1. The minimum Gasteiger partial charge on any atom is -0.340 e. The van der Waals surface area contributed by atoms with Gasteiger partial charge in [0.05, 0.1) is 5.54 Å². The van der Waals surface area contributed by atoms with E-state index in [0.717, 1.165) is 25.7 Å². The van der Waals surface area contributed by atoms with E-state index in [-0.39, 0.29) is 0 Å². The monoisotopic (exact) mass is 257 g/mol. The molecular formula is C15H19N3O. The van der Waals surface area contributed by atoms with Crippen molar-refractivity contribution in [2.24, 2.45) is 5.73 Å². The third-order valence-corrected chi connectivity index (χ3v) is 4.12. The van der Waals surface area contributed by atoms with Crippen molar-refractivity contribution >= 4 is 0 Å². The van der Waals surface area contributed by atoms with Crippen LogP contribution in [0.1, 0.15) is 48.9 Å². The fourth-order valence-corrected chi connectivity index (χ4v) is 2.92. The second kappa shape index (κ2) is 4.78. The minimum atomic E-state index is -0.414. The molecule has 2 aromatic rings. The van der Waals surface area contributed by atoms with Crippen LogP contribution in [0.25, 0.3) is 0 Å². The average molecular weight is 257 g/mol. The fourth-order valence-electron chi connectivity index (χ4n) is 2.92. The van der Waals surface area contributed by atoms with Gasteiger partial charge < -0.3 is 10.3 Å². The van der Waals surface area contributed by atoms with Gasteiger partial charge in [-0.05, 0) is 37.2 Å². The largest absolute Gasteiger partial charge is 0.340 e. The van der Waals surface area contributed by atoms with Crippen LogP contribution in [0.4, 0.5) is 0 Å². The van der Waals surface area contributed by atoms with Crippen LogP contribution < -0.4 is 5.73 Å². The Labute approximate surface area is 113 Å². The molecule has 4 heteroatoms. The van der Waals surface area contributed by atoms with Crippen LogP contribution in [0.15, 0.2) is 34.9 Å². The van der Waals surface area contributed by atoms with E-state index in [1.165, 1.54) is 5.56 Å². The first kappa shape index (κ1) is 12.4. The normalized spacial score (nSPS) is 27.4. The number of hydrogen-bond donors (Lipinski definition) is 1. The summed E-state index contributed by atoms with van der Waals surface area (Å²) in [5, 5.41) is 4.00. The summed E-state index contributed by atoms with van der Waals surface area (Å²) in [7, 11) is 0. The smallest absolute Gasteiger partial charge is 0.223 e. The van der Waals surface area contributed by atoms with Gasteiger partial charge in [-0.2, -0.15) is 4.98 Å². The van der Waals surface area contributed by atoms with Crippen molar-refractivity contribution in [3.05, 3.63) is 47.6 Å². The quantitative estimate of drug-likeness (QED) is 0.898. The van der Waals surface area contributed by atoms with Crippen LogP contribution >= 0.6 is 0 Å². The van der Waals surface area contributed by atoms with E-state index in [1.807, 2.05) is 0 Å². The molecule has 0 amide bonds.